The van der Waals surface area contributed by atoms with Crippen molar-refractivity contribution >= 4 is 23.8 Å². The van der Waals surface area contributed by atoms with Crippen LogP contribution in [-0.4, -0.2) is 41.0 Å². The molecule has 0 spiro atoms. The summed E-state index contributed by atoms with van der Waals surface area (Å²) in [6.45, 7) is 12.0. The van der Waals surface area contributed by atoms with Crippen LogP contribution in [-0.2, 0) is 0 Å². The van der Waals surface area contributed by atoms with Gasteiger partial charge in [0.05, 0.1) is 11.4 Å². The van der Waals surface area contributed by atoms with E-state index in [1.807, 2.05) is 0 Å². The van der Waals surface area contributed by atoms with Crippen LogP contribution in [0.2, 0.25) is 0 Å². The highest BCUT2D eigenvalue weighted by Gasteiger charge is 2.24. The summed E-state index contributed by atoms with van der Waals surface area (Å²) in [5.74, 6) is 0.617. The number of fused-ring (bicyclic) bond motifs is 2. The summed E-state index contributed by atoms with van der Waals surface area (Å²) < 4.78 is 0. The molecule has 1 saturated heterocycles. The third kappa shape index (κ3) is 3.05. The number of anilines is 2. The maximum atomic E-state index is 12.4. The van der Waals surface area contributed by atoms with Gasteiger partial charge < -0.3 is 14.8 Å². The summed E-state index contributed by atoms with van der Waals surface area (Å²) in [5, 5.41) is 0.381. The van der Waals surface area contributed by atoms with Crippen molar-refractivity contribution < 1.29 is 0 Å². The third-order valence-corrected chi connectivity index (χ3v) is 5.38. The molecule has 6 nitrogen and oxygen atoms in total. The lowest BCUT2D eigenvalue weighted by atomic mass is 10.1. The molecule has 1 aromatic carbocycles. The first-order chi connectivity index (χ1) is 12.5. The Bertz CT molecular complexity index is 1000. The largest absolute Gasteiger partial charge is 0.321 e. The van der Waals surface area contributed by atoms with Crippen LogP contribution in [0.25, 0.3) is 6.58 Å². The van der Waals surface area contributed by atoms with Crippen LogP contribution in [0.15, 0.2) is 21.9 Å². The van der Waals surface area contributed by atoms with Crippen LogP contribution in [0, 0.1) is 13.8 Å². The predicted molar refractivity (Wildman–Crippen MR) is 104 cm³/mol. The Morgan fingerprint density at radius 2 is 1.85 bits per heavy atom. The number of nitrogens with one attached hydrogen (secondary N) is 1. The van der Waals surface area contributed by atoms with Gasteiger partial charge in [0, 0.05) is 13.1 Å². The van der Waals surface area contributed by atoms with E-state index >= 15 is 0 Å². The first-order valence-corrected chi connectivity index (χ1v) is 9.32. The highest BCUT2D eigenvalue weighted by molar-refractivity contribution is 5.77. The normalized spacial score (nSPS) is 16.8. The van der Waals surface area contributed by atoms with Crippen LogP contribution in [0.4, 0.5) is 17.2 Å². The van der Waals surface area contributed by atoms with Gasteiger partial charge in [0.15, 0.2) is 11.2 Å². The fourth-order valence-electron chi connectivity index (χ4n) is 3.77. The summed E-state index contributed by atoms with van der Waals surface area (Å²) >= 11 is 0. The quantitative estimate of drug-likeness (QED) is 0.914. The molecule has 0 saturated carbocycles. The molecule has 6 heteroatoms. The van der Waals surface area contributed by atoms with Crippen molar-refractivity contribution in [1.82, 2.24) is 14.9 Å². The summed E-state index contributed by atoms with van der Waals surface area (Å²) in [6.07, 6.45) is 3.86. The third-order valence-electron chi connectivity index (χ3n) is 5.38. The molecule has 2 aliphatic rings. The fraction of sp³-hybridized carbons (Fsp3) is 0.450. The number of rotatable bonds is 3. The lowest BCUT2D eigenvalue weighted by Crippen LogP contribution is -2.44. The van der Waals surface area contributed by atoms with Gasteiger partial charge in [0.25, 0.3) is 5.56 Å². The number of piperidine rings is 1. The molecule has 1 fully saturated rings. The first kappa shape index (κ1) is 17.0. The van der Waals surface area contributed by atoms with Crippen LogP contribution in [0.1, 0.15) is 30.4 Å². The molecule has 4 rings (SSSR count). The van der Waals surface area contributed by atoms with Crippen LogP contribution >= 0.6 is 0 Å². The minimum Gasteiger partial charge on any atom is -0.321 e. The molecule has 2 aliphatic heterocycles. The first-order valence-electron chi connectivity index (χ1n) is 9.32. The topological polar surface area (TPSA) is 64.6 Å². The standard InChI is InChI=1S/C20H25N5O/c1-13-11-16-17(12-14(13)2)25(10-9-24-7-5-4-6-8-24)19-18(23-16)20(26)22-15(3)21-19/h11-12H,3-10H2,1-2H3,(H,22,26). The number of hydrogen-bond acceptors (Lipinski definition) is 5. The summed E-state index contributed by atoms with van der Waals surface area (Å²) in [4.78, 5) is 28.9. The van der Waals surface area contributed by atoms with Crippen LogP contribution < -0.4 is 21.3 Å². The molecule has 3 heterocycles. The van der Waals surface area contributed by atoms with Crippen molar-refractivity contribution in [3.63, 3.8) is 0 Å². The second-order valence-corrected chi connectivity index (χ2v) is 7.28. The number of H-pyrrole nitrogens is 1. The maximum Gasteiger partial charge on any atom is 0.279 e. The lowest BCUT2D eigenvalue weighted by molar-refractivity contribution is 0.234. The van der Waals surface area contributed by atoms with Crippen molar-refractivity contribution in [2.24, 2.45) is 4.99 Å². The molecule has 0 aliphatic carbocycles. The van der Waals surface area contributed by atoms with Gasteiger partial charge in [-0.1, -0.05) is 13.0 Å². The number of aromatic amines is 1. The van der Waals surface area contributed by atoms with Gasteiger partial charge in [0.1, 0.15) is 5.48 Å². The average Bonchev–Trinajstić information content (AvgIpc) is 2.62. The summed E-state index contributed by atoms with van der Waals surface area (Å²) in [5.41, 5.74) is 4.39. The Balaban J connectivity index is 1.79. The van der Waals surface area contributed by atoms with Crippen LogP contribution in [0.5, 0.6) is 0 Å². The second-order valence-electron chi connectivity index (χ2n) is 7.28. The van der Waals surface area contributed by atoms with E-state index in [2.05, 4.69) is 57.3 Å². The van der Waals surface area contributed by atoms with E-state index in [1.54, 1.807) is 0 Å². The molecule has 0 amide bonds. The SMILES string of the molecule is C=c1nc2c(c(=O)[nH]1)=Nc1cc(C)c(C)cc1N2CCN1CCCCC1. The van der Waals surface area contributed by atoms with E-state index in [1.165, 1.54) is 30.4 Å². The number of hydrogen-bond donors (Lipinski definition) is 1. The van der Waals surface area contributed by atoms with Crippen molar-refractivity contribution in [1.29, 1.82) is 0 Å². The smallest absolute Gasteiger partial charge is 0.279 e. The molecular formula is C20H25N5O. The van der Waals surface area contributed by atoms with Gasteiger partial charge in [0.2, 0.25) is 0 Å². The molecule has 0 bridgehead atoms. The minimum atomic E-state index is -0.230. The number of aromatic nitrogens is 2. The number of likely N-dealkylation sites (tertiary alicyclic amines) is 1. The number of aryl methyl sites for hydroxylation is 2. The molecule has 26 heavy (non-hydrogen) atoms. The lowest BCUT2D eigenvalue weighted by Gasteiger charge is -2.32. The Hall–Kier alpha value is -2.47. The van der Waals surface area contributed by atoms with E-state index in [9.17, 15) is 4.79 Å². The molecule has 136 valence electrons. The Morgan fingerprint density at radius 3 is 2.62 bits per heavy atom. The zero-order valence-corrected chi connectivity index (χ0v) is 15.5. The maximum absolute atomic E-state index is 12.4. The van der Waals surface area contributed by atoms with Crippen molar-refractivity contribution in [3.05, 3.63) is 44.5 Å². The zero-order valence-electron chi connectivity index (χ0n) is 15.5. The molecule has 0 radical (unpaired) electrons. The molecular weight excluding hydrogens is 326 g/mol. The van der Waals surface area contributed by atoms with E-state index in [-0.39, 0.29) is 5.56 Å². The molecule has 0 atom stereocenters. The highest BCUT2D eigenvalue weighted by atomic mass is 16.1. The van der Waals surface area contributed by atoms with Crippen molar-refractivity contribution in [2.45, 2.75) is 33.1 Å². The van der Waals surface area contributed by atoms with E-state index in [4.69, 9.17) is 0 Å². The van der Waals surface area contributed by atoms with Gasteiger partial charge in [-0.2, -0.15) is 0 Å². The van der Waals surface area contributed by atoms with Crippen LogP contribution in [0.3, 0.4) is 0 Å². The van der Waals surface area contributed by atoms with Gasteiger partial charge in [-0.15, -0.1) is 0 Å². The van der Waals surface area contributed by atoms with E-state index in [0.717, 1.165) is 37.6 Å². The molecule has 2 aromatic rings. The van der Waals surface area contributed by atoms with Crippen molar-refractivity contribution in [2.75, 3.05) is 31.1 Å². The number of benzene rings is 1. The fourth-order valence-corrected chi connectivity index (χ4v) is 3.77. The molecule has 0 unspecified atom stereocenters. The minimum absolute atomic E-state index is 0.230. The van der Waals surface area contributed by atoms with Gasteiger partial charge >= 0.3 is 0 Å². The molecule has 1 aromatic heterocycles. The van der Waals surface area contributed by atoms with Gasteiger partial charge in [-0.05, 0) is 63.0 Å². The second kappa shape index (κ2) is 6.68. The van der Waals surface area contributed by atoms with E-state index in [0.29, 0.717) is 16.7 Å². The van der Waals surface area contributed by atoms with Crippen molar-refractivity contribution in [3.8, 4) is 0 Å². The summed E-state index contributed by atoms with van der Waals surface area (Å²) in [6, 6.07) is 4.21. The Kier molecular flexibility index (Phi) is 4.36. The Morgan fingerprint density at radius 1 is 1.12 bits per heavy atom. The van der Waals surface area contributed by atoms with Gasteiger partial charge in [-0.3, -0.25) is 4.79 Å². The predicted octanol–water partition coefficient (Wildman–Crippen LogP) is 1.69. The Labute approximate surface area is 152 Å². The summed E-state index contributed by atoms with van der Waals surface area (Å²) in [7, 11) is 0. The zero-order chi connectivity index (χ0) is 18.3. The average molecular weight is 351 g/mol. The highest BCUT2D eigenvalue weighted by Crippen LogP contribution is 2.36. The van der Waals surface area contributed by atoms with Gasteiger partial charge in [-0.25, -0.2) is 9.98 Å². The molecule has 1 N–H and O–H groups in total. The monoisotopic (exact) mass is 351 g/mol. The van der Waals surface area contributed by atoms with E-state index < -0.39 is 0 Å². The number of nitrogens with zero attached hydrogens (tertiary/aromatic N) is 4.